The third kappa shape index (κ3) is 4.28. The maximum absolute atomic E-state index is 11.9. The van der Waals surface area contributed by atoms with E-state index in [2.05, 4.69) is 5.32 Å². The van der Waals surface area contributed by atoms with Gasteiger partial charge in [0.2, 0.25) is 5.91 Å². The van der Waals surface area contributed by atoms with Gasteiger partial charge in [0.1, 0.15) is 0 Å². The van der Waals surface area contributed by atoms with Gasteiger partial charge in [-0.15, -0.1) is 0 Å². The number of ether oxygens (including phenoxy) is 1. The molecule has 0 aromatic heterocycles. The third-order valence-electron chi connectivity index (χ3n) is 3.82. The number of hydrogen-bond acceptors (Lipinski definition) is 3. The van der Waals surface area contributed by atoms with Crippen LogP contribution in [0.25, 0.3) is 0 Å². The highest BCUT2D eigenvalue weighted by Crippen LogP contribution is 2.21. The summed E-state index contributed by atoms with van der Waals surface area (Å²) in [7, 11) is 0. The summed E-state index contributed by atoms with van der Waals surface area (Å²) >= 11 is 0. The lowest BCUT2D eigenvalue weighted by molar-refractivity contribution is -0.130. The second-order valence-corrected chi connectivity index (χ2v) is 5.15. The van der Waals surface area contributed by atoms with Gasteiger partial charge in [-0.25, -0.2) is 0 Å². The summed E-state index contributed by atoms with van der Waals surface area (Å²) in [6.07, 6.45) is 6.07. The zero-order valence-electron chi connectivity index (χ0n) is 11.1. The number of amides is 1. The van der Waals surface area contributed by atoms with Crippen molar-refractivity contribution in [3.8, 4) is 0 Å². The van der Waals surface area contributed by atoms with Gasteiger partial charge >= 0.3 is 0 Å². The van der Waals surface area contributed by atoms with Crippen LogP contribution in [0.15, 0.2) is 0 Å². The highest BCUT2D eigenvalue weighted by molar-refractivity contribution is 5.82. The molecule has 0 aliphatic heterocycles. The molecule has 1 rings (SSSR count). The SMILES string of the molecule is CCC(C)(CN)C(=O)NCCOC1CCCC1. The molecule has 1 saturated carbocycles. The second-order valence-electron chi connectivity index (χ2n) is 5.15. The van der Waals surface area contributed by atoms with Crippen molar-refractivity contribution in [3.63, 3.8) is 0 Å². The highest BCUT2D eigenvalue weighted by Gasteiger charge is 2.29. The van der Waals surface area contributed by atoms with E-state index >= 15 is 0 Å². The molecule has 0 aromatic carbocycles. The molecule has 1 unspecified atom stereocenters. The predicted molar refractivity (Wildman–Crippen MR) is 68.7 cm³/mol. The van der Waals surface area contributed by atoms with Crippen molar-refractivity contribution in [1.82, 2.24) is 5.32 Å². The molecule has 1 aliphatic carbocycles. The Kier molecular flexibility index (Phi) is 5.92. The van der Waals surface area contributed by atoms with Crippen molar-refractivity contribution in [3.05, 3.63) is 0 Å². The van der Waals surface area contributed by atoms with Crippen LogP contribution in [-0.2, 0) is 9.53 Å². The zero-order chi connectivity index (χ0) is 12.7. The van der Waals surface area contributed by atoms with Gasteiger partial charge in [0.05, 0.1) is 18.1 Å². The van der Waals surface area contributed by atoms with Gasteiger partial charge < -0.3 is 15.8 Å². The number of nitrogens with two attached hydrogens (primary N) is 1. The molecule has 4 nitrogen and oxygen atoms in total. The monoisotopic (exact) mass is 242 g/mol. The van der Waals surface area contributed by atoms with Gasteiger partial charge in [-0.2, -0.15) is 0 Å². The van der Waals surface area contributed by atoms with Crippen LogP contribution in [0.4, 0.5) is 0 Å². The lowest BCUT2D eigenvalue weighted by Crippen LogP contribution is -2.44. The fraction of sp³-hybridized carbons (Fsp3) is 0.923. The Morgan fingerprint density at radius 3 is 2.65 bits per heavy atom. The number of nitrogens with one attached hydrogen (secondary N) is 1. The molecule has 0 bridgehead atoms. The standard InChI is InChI=1S/C13H26N2O2/c1-3-13(2,10-14)12(16)15-8-9-17-11-6-4-5-7-11/h11H,3-10,14H2,1-2H3,(H,15,16). The minimum Gasteiger partial charge on any atom is -0.376 e. The average Bonchev–Trinajstić information content (AvgIpc) is 2.86. The Morgan fingerprint density at radius 1 is 1.47 bits per heavy atom. The van der Waals surface area contributed by atoms with Crippen molar-refractivity contribution in [2.24, 2.45) is 11.1 Å². The lowest BCUT2D eigenvalue weighted by Gasteiger charge is -2.25. The van der Waals surface area contributed by atoms with Gasteiger partial charge in [0.15, 0.2) is 0 Å². The van der Waals surface area contributed by atoms with E-state index in [1.807, 2.05) is 13.8 Å². The Bertz CT molecular complexity index is 234. The Hall–Kier alpha value is -0.610. The summed E-state index contributed by atoms with van der Waals surface area (Å²) in [4.78, 5) is 11.9. The molecular formula is C13H26N2O2. The summed E-state index contributed by atoms with van der Waals surface area (Å²) in [6.45, 7) is 5.48. The minimum atomic E-state index is -0.437. The fourth-order valence-electron chi connectivity index (χ4n) is 2.06. The van der Waals surface area contributed by atoms with Crippen molar-refractivity contribution < 1.29 is 9.53 Å². The van der Waals surface area contributed by atoms with Crippen LogP contribution in [0, 0.1) is 5.41 Å². The highest BCUT2D eigenvalue weighted by atomic mass is 16.5. The molecule has 0 heterocycles. The molecule has 0 radical (unpaired) electrons. The van der Waals surface area contributed by atoms with Crippen molar-refractivity contribution in [2.75, 3.05) is 19.7 Å². The molecule has 0 aromatic rings. The normalized spacial score (nSPS) is 20.2. The maximum atomic E-state index is 11.9. The van der Waals surface area contributed by atoms with Crippen LogP contribution in [-0.4, -0.2) is 31.7 Å². The molecule has 4 heteroatoms. The van der Waals surface area contributed by atoms with Gasteiger partial charge in [0.25, 0.3) is 0 Å². The fourth-order valence-corrected chi connectivity index (χ4v) is 2.06. The third-order valence-corrected chi connectivity index (χ3v) is 3.82. The summed E-state index contributed by atoms with van der Waals surface area (Å²) < 4.78 is 5.69. The number of carbonyl (C=O) groups excluding carboxylic acids is 1. The summed E-state index contributed by atoms with van der Waals surface area (Å²) in [5.74, 6) is 0.0394. The van der Waals surface area contributed by atoms with E-state index in [4.69, 9.17) is 10.5 Å². The van der Waals surface area contributed by atoms with Gasteiger partial charge in [-0.05, 0) is 26.2 Å². The lowest BCUT2D eigenvalue weighted by atomic mass is 9.87. The number of rotatable bonds is 7. The van der Waals surface area contributed by atoms with E-state index in [1.54, 1.807) is 0 Å². The number of carbonyl (C=O) groups is 1. The van der Waals surface area contributed by atoms with Crippen molar-refractivity contribution >= 4 is 5.91 Å². The van der Waals surface area contributed by atoms with E-state index in [-0.39, 0.29) is 5.91 Å². The van der Waals surface area contributed by atoms with Crippen LogP contribution >= 0.6 is 0 Å². The van der Waals surface area contributed by atoms with Crippen molar-refractivity contribution in [1.29, 1.82) is 0 Å². The van der Waals surface area contributed by atoms with Crippen LogP contribution in [0.1, 0.15) is 46.0 Å². The summed E-state index contributed by atoms with van der Waals surface area (Å²) in [6, 6.07) is 0. The number of hydrogen-bond donors (Lipinski definition) is 2. The van der Waals surface area contributed by atoms with Crippen molar-refractivity contribution in [2.45, 2.75) is 52.1 Å². The quantitative estimate of drug-likeness (QED) is 0.664. The van der Waals surface area contributed by atoms with Gasteiger partial charge in [-0.1, -0.05) is 19.8 Å². The average molecular weight is 242 g/mol. The van der Waals surface area contributed by atoms with Crippen LogP contribution in [0.5, 0.6) is 0 Å². The molecule has 1 fully saturated rings. The molecule has 17 heavy (non-hydrogen) atoms. The molecule has 0 saturated heterocycles. The van der Waals surface area contributed by atoms with E-state index in [1.165, 1.54) is 25.7 Å². The zero-order valence-corrected chi connectivity index (χ0v) is 11.1. The molecule has 1 amide bonds. The summed E-state index contributed by atoms with van der Waals surface area (Å²) in [5, 5.41) is 2.91. The Morgan fingerprint density at radius 2 is 2.12 bits per heavy atom. The molecule has 0 spiro atoms. The van der Waals surface area contributed by atoms with Gasteiger partial charge in [0, 0.05) is 13.1 Å². The van der Waals surface area contributed by atoms with E-state index < -0.39 is 5.41 Å². The van der Waals surface area contributed by atoms with E-state index in [0.29, 0.717) is 25.8 Å². The first-order chi connectivity index (χ1) is 8.12. The Labute approximate surface area is 104 Å². The van der Waals surface area contributed by atoms with Crippen LogP contribution in [0.2, 0.25) is 0 Å². The maximum Gasteiger partial charge on any atom is 0.227 e. The minimum absolute atomic E-state index is 0.0394. The Balaban J connectivity index is 2.14. The molecule has 100 valence electrons. The molecule has 1 atom stereocenters. The predicted octanol–water partition coefficient (Wildman–Crippen LogP) is 1.44. The first-order valence-electron chi connectivity index (χ1n) is 6.72. The second kappa shape index (κ2) is 6.97. The van der Waals surface area contributed by atoms with Crippen LogP contribution < -0.4 is 11.1 Å². The largest absolute Gasteiger partial charge is 0.376 e. The van der Waals surface area contributed by atoms with E-state index in [0.717, 1.165) is 6.42 Å². The first kappa shape index (κ1) is 14.5. The van der Waals surface area contributed by atoms with E-state index in [9.17, 15) is 4.79 Å². The summed E-state index contributed by atoms with van der Waals surface area (Å²) in [5.41, 5.74) is 5.19. The molecular weight excluding hydrogens is 216 g/mol. The topological polar surface area (TPSA) is 64.4 Å². The molecule has 3 N–H and O–H groups in total. The smallest absolute Gasteiger partial charge is 0.227 e. The van der Waals surface area contributed by atoms with Crippen LogP contribution in [0.3, 0.4) is 0 Å². The molecule has 1 aliphatic rings. The van der Waals surface area contributed by atoms with Gasteiger partial charge in [-0.3, -0.25) is 4.79 Å². The first-order valence-corrected chi connectivity index (χ1v) is 6.72.